The number of allylic oxidation sites excluding steroid dienone is 4. The highest BCUT2D eigenvalue weighted by atomic mass is 15.1. The van der Waals surface area contributed by atoms with Crippen molar-refractivity contribution >= 4 is 22.3 Å². The third-order valence-corrected chi connectivity index (χ3v) is 6.77. The average Bonchev–Trinajstić information content (AvgIpc) is 3.62. The van der Waals surface area contributed by atoms with Crippen LogP contribution >= 0.6 is 0 Å². The molecular formula is C31H29N7. The van der Waals surface area contributed by atoms with Gasteiger partial charge >= 0.3 is 0 Å². The first-order chi connectivity index (χ1) is 18.6. The van der Waals surface area contributed by atoms with Crippen molar-refractivity contribution in [2.24, 2.45) is 5.92 Å². The summed E-state index contributed by atoms with van der Waals surface area (Å²) >= 11 is 0. The number of H-pyrrole nitrogens is 2. The van der Waals surface area contributed by atoms with Gasteiger partial charge in [0.25, 0.3) is 0 Å². The second-order valence-corrected chi connectivity index (χ2v) is 9.59. The lowest BCUT2D eigenvalue weighted by atomic mass is 10.0. The molecule has 0 saturated heterocycles. The van der Waals surface area contributed by atoms with Crippen LogP contribution in [-0.2, 0) is 0 Å². The summed E-state index contributed by atoms with van der Waals surface area (Å²) in [5.74, 6) is 0.571. The lowest BCUT2D eigenvalue weighted by Gasteiger charge is -2.09. The predicted molar refractivity (Wildman–Crippen MR) is 153 cm³/mol. The Morgan fingerprint density at radius 1 is 1.13 bits per heavy atom. The number of hydrogen-bond acceptors (Lipinski definition) is 5. The molecule has 5 aromatic heterocycles. The first-order valence-electron chi connectivity index (χ1n) is 12.8. The van der Waals surface area contributed by atoms with Crippen LogP contribution in [0.4, 0.5) is 5.69 Å². The normalized spacial score (nSPS) is 13.9. The van der Waals surface area contributed by atoms with E-state index in [1.165, 1.54) is 12.8 Å². The average molecular weight is 500 g/mol. The molecule has 0 aliphatic heterocycles. The molecule has 0 amide bonds. The molecule has 7 nitrogen and oxygen atoms in total. The predicted octanol–water partition coefficient (Wildman–Crippen LogP) is 7.06. The van der Waals surface area contributed by atoms with Crippen LogP contribution in [0.2, 0.25) is 0 Å². The smallest absolute Gasteiger partial charge is 0.135 e. The number of hydrogen-bond donors (Lipinski definition) is 3. The molecular weight excluding hydrogens is 470 g/mol. The molecule has 1 aliphatic rings. The van der Waals surface area contributed by atoms with E-state index in [-0.39, 0.29) is 0 Å². The van der Waals surface area contributed by atoms with Crippen LogP contribution in [0, 0.1) is 12.8 Å². The largest absolute Gasteiger partial charge is 0.358 e. The van der Waals surface area contributed by atoms with Gasteiger partial charge in [-0.1, -0.05) is 30.9 Å². The molecule has 0 aromatic carbocycles. The van der Waals surface area contributed by atoms with E-state index in [2.05, 4.69) is 62.2 Å². The van der Waals surface area contributed by atoms with Gasteiger partial charge in [-0.15, -0.1) is 0 Å². The van der Waals surface area contributed by atoms with Crippen LogP contribution in [0.15, 0.2) is 91.6 Å². The zero-order chi connectivity index (χ0) is 26.1. The standard InChI is InChI=1S/C31H29N7/c1-4-5-8-24(27-9-6-7-14-33-27)25-16-29(35-20(25)3)31-30-28(37-38-31)13-12-26(36-30)22-15-23(18-32-17-22)34-19(2)21-10-11-21/h4-9,12-18,21,34-35H,2,10-11H2,1,3H3,(H,37,38)/b5-4-,24-8+. The Morgan fingerprint density at radius 2 is 2.03 bits per heavy atom. The summed E-state index contributed by atoms with van der Waals surface area (Å²) in [5.41, 5.74) is 11.1. The van der Waals surface area contributed by atoms with Crippen LogP contribution in [0.5, 0.6) is 0 Å². The summed E-state index contributed by atoms with van der Waals surface area (Å²) in [6.07, 6.45) is 14.0. The lowest BCUT2D eigenvalue weighted by molar-refractivity contribution is 1.02. The van der Waals surface area contributed by atoms with Crippen LogP contribution in [0.1, 0.15) is 36.7 Å². The van der Waals surface area contributed by atoms with Gasteiger partial charge < -0.3 is 10.3 Å². The van der Waals surface area contributed by atoms with E-state index in [1.807, 2.05) is 68.0 Å². The fraction of sp³-hybridized carbons (Fsp3) is 0.161. The van der Waals surface area contributed by atoms with Gasteiger partial charge in [-0.25, -0.2) is 4.98 Å². The van der Waals surface area contributed by atoms with Crippen LogP contribution in [0.3, 0.4) is 0 Å². The van der Waals surface area contributed by atoms with E-state index in [4.69, 9.17) is 4.98 Å². The monoisotopic (exact) mass is 499 g/mol. The van der Waals surface area contributed by atoms with Crippen molar-refractivity contribution in [3.8, 4) is 22.6 Å². The number of aromatic amines is 2. The van der Waals surface area contributed by atoms with E-state index in [9.17, 15) is 0 Å². The number of fused-ring (bicyclic) bond motifs is 1. The molecule has 5 heterocycles. The molecule has 38 heavy (non-hydrogen) atoms. The summed E-state index contributed by atoms with van der Waals surface area (Å²) in [5, 5.41) is 11.2. The number of nitrogens with zero attached hydrogens (tertiary/aromatic N) is 4. The van der Waals surface area contributed by atoms with E-state index in [1.54, 1.807) is 0 Å². The van der Waals surface area contributed by atoms with Crippen LogP contribution < -0.4 is 5.32 Å². The Morgan fingerprint density at radius 3 is 2.82 bits per heavy atom. The maximum absolute atomic E-state index is 5.00. The number of aromatic nitrogens is 6. The van der Waals surface area contributed by atoms with Crippen molar-refractivity contribution in [2.75, 3.05) is 5.32 Å². The first kappa shape index (κ1) is 23.6. The zero-order valence-electron chi connectivity index (χ0n) is 21.5. The molecule has 0 atom stereocenters. The molecule has 1 aliphatic carbocycles. The second kappa shape index (κ2) is 9.94. The molecule has 3 N–H and O–H groups in total. The minimum atomic E-state index is 0.571. The SMILES string of the molecule is C=C(Nc1cncc(-c2ccc3[nH]nc(-c4cc(/C(=C\C=C/C)c5ccccn5)c(C)[nH]4)c3n2)c1)C1CC1. The highest BCUT2D eigenvalue weighted by Gasteiger charge is 2.24. The minimum Gasteiger partial charge on any atom is -0.358 e. The molecule has 0 spiro atoms. The maximum atomic E-state index is 5.00. The number of nitrogens with one attached hydrogen (secondary N) is 3. The Labute approximate surface area is 221 Å². The number of pyridine rings is 3. The molecule has 1 saturated carbocycles. The Hall–Kier alpha value is -4.78. The van der Waals surface area contributed by atoms with Crippen molar-refractivity contribution in [1.29, 1.82) is 0 Å². The van der Waals surface area contributed by atoms with Crippen molar-refractivity contribution in [1.82, 2.24) is 30.1 Å². The van der Waals surface area contributed by atoms with Gasteiger partial charge in [-0.2, -0.15) is 5.10 Å². The van der Waals surface area contributed by atoms with Gasteiger partial charge in [0, 0.05) is 40.5 Å². The molecule has 188 valence electrons. The number of anilines is 1. The van der Waals surface area contributed by atoms with E-state index in [0.29, 0.717) is 5.92 Å². The zero-order valence-corrected chi connectivity index (χ0v) is 21.5. The van der Waals surface area contributed by atoms with E-state index >= 15 is 0 Å². The maximum Gasteiger partial charge on any atom is 0.135 e. The molecule has 0 bridgehead atoms. The van der Waals surface area contributed by atoms with Gasteiger partial charge in [0.2, 0.25) is 0 Å². The lowest BCUT2D eigenvalue weighted by Crippen LogP contribution is -2.00. The van der Waals surface area contributed by atoms with Gasteiger partial charge in [0.05, 0.1) is 34.5 Å². The van der Waals surface area contributed by atoms with Crippen molar-refractivity contribution in [3.05, 3.63) is 109 Å². The first-order valence-corrected chi connectivity index (χ1v) is 12.8. The fourth-order valence-electron chi connectivity index (χ4n) is 4.61. The van der Waals surface area contributed by atoms with Gasteiger partial charge in [-0.05, 0) is 69.0 Å². The molecule has 7 heteroatoms. The van der Waals surface area contributed by atoms with Crippen LogP contribution in [-0.4, -0.2) is 30.1 Å². The van der Waals surface area contributed by atoms with Crippen molar-refractivity contribution in [3.63, 3.8) is 0 Å². The summed E-state index contributed by atoms with van der Waals surface area (Å²) in [6, 6.07) is 14.1. The molecule has 1 fully saturated rings. The third kappa shape index (κ3) is 4.66. The van der Waals surface area contributed by atoms with Gasteiger partial charge in [0.15, 0.2) is 0 Å². The van der Waals surface area contributed by atoms with Crippen molar-refractivity contribution < 1.29 is 0 Å². The molecule has 0 unspecified atom stereocenters. The Kier molecular flexibility index (Phi) is 6.17. The topological polar surface area (TPSA) is 95.2 Å². The fourth-order valence-corrected chi connectivity index (χ4v) is 4.61. The van der Waals surface area contributed by atoms with E-state index in [0.717, 1.165) is 67.6 Å². The van der Waals surface area contributed by atoms with Gasteiger partial charge in [-0.3, -0.25) is 15.1 Å². The van der Waals surface area contributed by atoms with Crippen LogP contribution in [0.25, 0.3) is 39.3 Å². The summed E-state index contributed by atoms with van der Waals surface area (Å²) in [7, 11) is 0. The molecule has 0 radical (unpaired) electrons. The Bertz CT molecular complexity index is 1680. The summed E-state index contributed by atoms with van der Waals surface area (Å²) < 4.78 is 0. The Balaban J connectivity index is 1.37. The van der Waals surface area contributed by atoms with E-state index < -0.39 is 0 Å². The second-order valence-electron chi connectivity index (χ2n) is 9.59. The highest BCUT2D eigenvalue weighted by Crippen LogP contribution is 2.36. The quantitative estimate of drug-likeness (QED) is 0.199. The number of aryl methyl sites for hydroxylation is 1. The number of rotatable bonds is 8. The minimum absolute atomic E-state index is 0.571. The summed E-state index contributed by atoms with van der Waals surface area (Å²) in [6.45, 7) is 8.24. The highest BCUT2D eigenvalue weighted by molar-refractivity contribution is 5.92. The summed E-state index contributed by atoms with van der Waals surface area (Å²) in [4.78, 5) is 17.6. The van der Waals surface area contributed by atoms with Gasteiger partial charge in [0.1, 0.15) is 11.2 Å². The third-order valence-electron chi connectivity index (χ3n) is 6.77. The van der Waals surface area contributed by atoms with Crippen molar-refractivity contribution in [2.45, 2.75) is 26.7 Å². The molecule has 5 aromatic rings. The molecule has 6 rings (SSSR count).